The average molecular weight is 560 g/mol. The predicted molar refractivity (Wildman–Crippen MR) is 150 cm³/mol. The minimum absolute atomic E-state index is 0.0370. The van der Waals surface area contributed by atoms with Crippen molar-refractivity contribution in [1.29, 1.82) is 0 Å². The summed E-state index contributed by atoms with van der Waals surface area (Å²) in [5.74, 6) is -1.05. The van der Waals surface area contributed by atoms with Gasteiger partial charge in [-0.15, -0.1) is 10.2 Å². The number of benzene rings is 2. The molecule has 212 valence electrons. The Morgan fingerprint density at radius 2 is 1.44 bits per heavy atom. The Morgan fingerprint density at radius 3 is 1.98 bits per heavy atom. The Labute approximate surface area is 235 Å². The van der Waals surface area contributed by atoms with Crippen molar-refractivity contribution >= 4 is 23.4 Å². The van der Waals surface area contributed by atoms with Gasteiger partial charge in [0.1, 0.15) is 11.4 Å². The summed E-state index contributed by atoms with van der Waals surface area (Å²) in [6.45, 7) is 8.98. The van der Waals surface area contributed by atoms with Crippen molar-refractivity contribution in [2.45, 2.75) is 40.2 Å². The Bertz CT molecular complexity index is 1580. The molecule has 0 bridgehead atoms. The quantitative estimate of drug-likeness (QED) is 0.169. The zero-order valence-corrected chi connectivity index (χ0v) is 23.2. The topological polar surface area (TPSA) is 164 Å². The first-order valence-electron chi connectivity index (χ1n) is 12.8. The maximum Gasteiger partial charge on any atom is 0.358 e. The average Bonchev–Trinajstić information content (AvgIpc) is 3.38. The summed E-state index contributed by atoms with van der Waals surface area (Å²) in [7, 11) is 0. The number of rotatable bonds is 9. The largest absolute Gasteiger partial charge is 0.462 e. The molecule has 0 saturated carbocycles. The SMILES string of the molecule is CCOC(=O)c1nc(-n2c(-c3ccccc3)nnc2-c2ccc([N+](=O)[O-])cc2)nc(NC(C)(C)C)c1C(=O)OCC. The van der Waals surface area contributed by atoms with Gasteiger partial charge in [-0.3, -0.25) is 10.1 Å². The third kappa shape index (κ3) is 6.35. The molecule has 0 fully saturated rings. The fraction of sp³-hybridized carbons (Fsp3) is 0.286. The van der Waals surface area contributed by atoms with E-state index < -0.39 is 22.4 Å². The van der Waals surface area contributed by atoms with Crippen molar-refractivity contribution in [3.05, 3.63) is 76.0 Å². The maximum atomic E-state index is 13.2. The van der Waals surface area contributed by atoms with E-state index in [1.807, 2.05) is 51.1 Å². The number of carbonyl (C=O) groups is 2. The number of nitro benzene ring substituents is 1. The van der Waals surface area contributed by atoms with Crippen LogP contribution in [-0.2, 0) is 9.47 Å². The highest BCUT2D eigenvalue weighted by molar-refractivity contribution is 6.05. The summed E-state index contributed by atoms with van der Waals surface area (Å²) in [6.07, 6.45) is 0. The first-order valence-corrected chi connectivity index (χ1v) is 12.8. The number of hydrogen-bond acceptors (Lipinski definition) is 11. The van der Waals surface area contributed by atoms with E-state index in [9.17, 15) is 19.7 Å². The first kappa shape index (κ1) is 28.8. The van der Waals surface area contributed by atoms with Gasteiger partial charge in [0.05, 0.1) is 18.1 Å². The van der Waals surface area contributed by atoms with Crippen molar-refractivity contribution in [2.75, 3.05) is 18.5 Å². The normalized spacial score (nSPS) is 11.1. The summed E-state index contributed by atoms with van der Waals surface area (Å²) in [4.78, 5) is 46.2. The fourth-order valence-corrected chi connectivity index (χ4v) is 3.91. The van der Waals surface area contributed by atoms with Crippen LogP contribution in [0.3, 0.4) is 0 Å². The van der Waals surface area contributed by atoms with Gasteiger partial charge in [-0.25, -0.2) is 19.1 Å². The monoisotopic (exact) mass is 559 g/mol. The van der Waals surface area contributed by atoms with E-state index in [-0.39, 0.29) is 47.7 Å². The zero-order chi connectivity index (χ0) is 29.7. The number of non-ortho nitro benzene ring substituents is 1. The molecule has 0 aliphatic carbocycles. The number of aromatic nitrogens is 5. The molecule has 13 nitrogen and oxygen atoms in total. The molecule has 0 amide bonds. The van der Waals surface area contributed by atoms with E-state index in [0.29, 0.717) is 17.0 Å². The third-order valence-electron chi connectivity index (χ3n) is 5.57. The predicted octanol–water partition coefficient (Wildman–Crippen LogP) is 4.86. The molecule has 41 heavy (non-hydrogen) atoms. The molecule has 1 N–H and O–H groups in total. The molecular formula is C28H29N7O6. The summed E-state index contributed by atoms with van der Waals surface area (Å²) in [5, 5.41) is 23.1. The smallest absolute Gasteiger partial charge is 0.358 e. The van der Waals surface area contributed by atoms with E-state index in [4.69, 9.17) is 9.47 Å². The molecule has 0 radical (unpaired) electrons. The highest BCUT2D eigenvalue weighted by atomic mass is 16.6. The molecule has 2 heterocycles. The maximum absolute atomic E-state index is 13.2. The molecule has 13 heteroatoms. The molecule has 4 aromatic rings. The molecule has 0 aliphatic heterocycles. The van der Waals surface area contributed by atoms with Crippen molar-refractivity contribution in [3.8, 4) is 28.7 Å². The van der Waals surface area contributed by atoms with Gasteiger partial charge in [0.25, 0.3) is 5.69 Å². The van der Waals surface area contributed by atoms with E-state index in [1.54, 1.807) is 13.8 Å². The molecule has 0 aliphatic rings. The van der Waals surface area contributed by atoms with Crippen LogP contribution in [0.2, 0.25) is 0 Å². The van der Waals surface area contributed by atoms with E-state index in [0.717, 1.165) is 0 Å². The number of nitrogens with zero attached hydrogens (tertiary/aromatic N) is 6. The minimum atomic E-state index is -0.845. The van der Waals surface area contributed by atoms with Crippen molar-refractivity contribution in [3.63, 3.8) is 0 Å². The van der Waals surface area contributed by atoms with E-state index >= 15 is 0 Å². The van der Waals surface area contributed by atoms with Crippen LogP contribution in [0, 0.1) is 10.1 Å². The van der Waals surface area contributed by atoms with Gasteiger partial charge < -0.3 is 14.8 Å². The third-order valence-corrected chi connectivity index (χ3v) is 5.57. The van der Waals surface area contributed by atoms with Gasteiger partial charge in [-0.1, -0.05) is 30.3 Å². The molecule has 0 spiro atoms. The molecular weight excluding hydrogens is 530 g/mol. The lowest BCUT2D eigenvalue weighted by molar-refractivity contribution is -0.384. The number of nitrogens with one attached hydrogen (secondary N) is 1. The second kappa shape index (κ2) is 11.9. The molecule has 0 unspecified atom stereocenters. The van der Waals surface area contributed by atoms with Crippen LogP contribution in [0.25, 0.3) is 28.7 Å². The lowest BCUT2D eigenvalue weighted by atomic mass is 10.1. The number of hydrogen-bond donors (Lipinski definition) is 1. The minimum Gasteiger partial charge on any atom is -0.462 e. The zero-order valence-electron chi connectivity index (χ0n) is 23.2. The van der Waals surface area contributed by atoms with Crippen molar-refractivity contribution < 1.29 is 24.0 Å². The molecule has 0 atom stereocenters. The number of esters is 2. The number of ether oxygens (including phenoxy) is 2. The first-order chi connectivity index (χ1) is 19.5. The van der Waals surface area contributed by atoms with Crippen LogP contribution in [0.1, 0.15) is 55.5 Å². The Kier molecular flexibility index (Phi) is 8.36. The van der Waals surface area contributed by atoms with Gasteiger partial charge in [0.15, 0.2) is 17.3 Å². The Morgan fingerprint density at radius 1 is 0.878 bits per heavy atom. The van der Waals surface area contributed by atoms with Gasteiger partial charge >= 0.3 is 11.9 Å². The second-order valence-electron chi connectivity index (χ2n) is 9.76. The lowest BCUT2D eigenvalue weighted by Crippen LogP contribution is -2.30. The Balaban J connectivity index is 2.06. The number of nitro groups is 1. The van der Waals surface area contributed by atoms with E-state index in [2.05, 4.69) is 25.5 Å². The second-order valence-corrected chi connectivity index (χ2v) is 9.76. The molecule has 0 saturated heterocycles. The number of carbonyl (C=O) groups excluding carboxylic acids is 2. The summed E-state index contributed by atoms with van der Waals surface area (Å²) in [5.41, 5.74) is -0.0188. The van der Waals surface area contributed by atoms with Gasteiger partial charge in [-0.05, 0) is 46.8 Å². The standard InChI is InChI=1S/C28H29N7O6/c1-6-40-25(36)20-21(26(37)41-7-2)29-27(30-22(20)31-28(3,4)5)34-23(17-11-9-8-10-12-17)32-33-24(34)18-13-15-19(16-14-18)35(38)39/h8-16H,6-7H2,1-5H3,(H,29,30,31). The van der Waals surface area contributed by atoms with E-state index in [1.165, 1.54) is 28.8 Å². The van der Waals surface area contributed by atoms with Gasteiger partial charge in [-0.2, -0.15) is 4.98 Å². The fourth-order valence-electron chi connectivity index (χ4n) is 3.91. The van der Waals surface area contributed by atoms with Crippen LogP contribution < -0.4 is 5.32 Å². The van der Waals surface area contributed by atoms with Crippen LogP contribution in [0.5, 0.6) is 0 Å². The van der Waals surface area contributed by atoms with Crippen LogP contribution in [-0.4, -0.2) is 60.3 Å². The molecule has 2 aromatic heterocycles. The number of anilines is 1. The van der Waals surface area contributed by atoms with Gasteiger partial charge in [0, 0.05) is 28.8 Å². The molecule has 4 rings (SSSR count). The van der Waals surface area contributed by atoms with Crippen LogP contribution in [0.15, 0.2) is 54.6 Å². The van der Waals surface area contributed by atoms with Crippen molar-refractivity contribution in [1.82, 2.24) is 24.7 Å². The van der Waals surface area contributed by atoms with Gasteiger partial charge in [0.2, 0.25) is 5.95 Å². The highest BCUT2D eigenvalue weighted by Gasteiger charge is 2.31. The Hall–Kier alpha value is -5.20. The lowest BCUT2D eigenvalue weighted by Gasteiger charge is -2.24. The summed E-state index contributed by atoms with van der Waals surface area (Å²) in [6, 6.07) is 14.9. The van der Waals surface area contributed by atoms with Crippen molar-refractivity contribution in [2.24, 2.45) is 0 Å². The van der Waals surface area contributed by atoms with Crippen LogP contribution in [0.4, 0.5) is 11.5 Å². The molecule has 2 aromatic carbocycles. The highest BCUT2D eigenvalue weighted by Crippen LogP contribution is 2.31. The summed E-state index contributed by atoms with van der Waals surface area (Å²) < 4.78 is 12.0. The summed E-state index contributed by atoms with van der Waals surface area (Å²) >= 11 is 0. The van der Waals surface area contributed by atoms with Crippen LogP contribution >= 0.6 is 0 Å².